The van der Waals surface area contributed by atoms with E-state index < -0.39 is 5.97 Å². The van der Waals surface area contributed by atoms with Crippen molar-refractivity contribution >= 4 is 5.97 Å². The number of carboxylic acids is 1. The lowest BCUT2D eigenvalue weighted by atomic mass is 9.98. The number of methoxy groups -OCH3 is 1. The van der Waals surface area contributed by atoms with E-state index in [9.17, 15) is 9.18 Å². The van der Waals surface area contributed by atoms with Crippen molar-refractivity contribution in [2.24, 2.45) is 0 Å². The molecule has 0 bridgehead atoms. The van der Waals surface area contributed by atoms with Crippen LogP contribution in [-0.4, -0.2) is 24.8 Å². The summed E-state index contributed by atoms with van der Waals surface area (Å²) in [6, 6.07) is 17.6. The molecule has 0 unspecified atom stereocenters. The van der Waals surface area contributed by atoms with Crippen molar-refractivity contribution in [2.75, 3.05) is 13.7 Å². The Balaban J connectivity index is 1.82. The average Bonchev–Trinajstić information content (AvgIpc) is 2.81. The van der Waals surface area contributed by atoms with E-state index in [1.54, 1.807) is 19.2 Å². The molecule has 0 amide bonds. The quantitative estimate of drug-likeness (QED) is 0.362. The third-order valence-electron chi connectivity index (χ3n) is 5.28. The van der Waals surface area contributed by atoms with E-state index >= 15 is 0 Å². The first-order chi connectivity index (χ1) is 15.9. The van der Waals surface area contributed by atoms with Gasteiger partial charge >= 0.3 is 5.97 Å². The predicted octanol–water partition coefficient (Wildman–Crippen LogP) is 6.45. The van der Waals surface area contributed by atoms with Gasteiger partial charge in [0.15, 0.2) is 0 Å². The molecule has 5 nitrogen and oxygen atoms in total. The van der Waals surface area contributed by atoms with Crippen LogP contribution in [0.15, 0.2) is 60.7 Å². The summed E-state index contributed by atoms with van der Waals surface area (Å²) in [5.41, 5.74) is 2.84. The smallest absolute Gasteiger partial charge is 0.303 e. The van der Waals surface area contributed by atoms with Gasteiger partial charge in [-0.15, -0.1) is 0 Å². The highest BCUT2D eigenvalue weighted by atomic mass is 19.1. The van der Waals surface area contributed by atoms with Crippen LogP contribution in [0.25, 0.3) is 11.1 Å². The van der Waals surface area contributed by atoms with Crippen LogP contribution in [0.4, 0.5) is 4.39 Å². The molecule has 0 aliphatic carbocycles. The molecule has 0 spiro atoms. The molecule has 0 heterocycles. The Kier molecular flexibility index (Phi) is 8.30. The van der Waals surface area contributed by atoms with Gasteiger partial charge in [-0.1, -0.05) is 38.1 Å². The normalized spacial score (nSPS) is 11.6. The van der Waals surface area contributed by atoms with Crippen LogP contribution in [0.5, 0.6) is 17.2 Å². The Hall–Kier alpha value is -3.54. The van der Waals surface area contributed by atoms with Crippen LogP contribution in [0.3, 0.4) is 0 Å². The molecule has 3 aromatic rings. The summed E-state index contributed by atoms with van der Waals surface area (Å²) >= 11 is 0. The molecule has 0 aliphatic rings. The molecule has 1 atom stereocenters. The van der Waals surface area contributed by atoms with Gasteiger partial charge in [-0.3, -0.25) is 4.79 Å². The lowest BCUT2D eigenvalue weighted by Gasteiger charge is -2.15. The third-order valence-corrected chi connectivity index (χ3v) is 5.28. The number of hydrogen-bond donors (Lipinski definition) is 1. The first-order valence-electron chi connectivity index (χ1n) is 11.0. The molecule has 0 saturated carbocycles. The molecular formula is C27H29FO5. The summed E-state index contributed by atoms with van der Waals surface area (Å²) in [6.07, 6.45) is 0.881. The van der Waals surface area contributed by atoms with Gasteiger partial charge in [0.1, 0.15) is 29.7 Å². The monoisotopic (exact) mass is 452 g/mol. The maximum atomic E-state index is 14.6. The summed E-state index contributed by atoms with van der Waals surface area (Å²) in [5.74, 6) is 0.501. The molecule has 1 N–H and O–H groups in total. The Morgan fingerprint density at radius 1 is 1.00 bits per heavy atom. The van der Waals surface area contributed by atoms with Gasteiger partial charge in [0, 0.05) is 11.1 Å². The number of aliphatic carboxylic acids is 1. The summed E-state index contributed by atoms with van der Waals surface area (Å²) in [7, 11) is 1.55. The molecule has 6 heteroatoms. The first kappa shape index (κ1) is 24.1. The second kappa shape index (κ2) is 11.4. The number of rotatable bonds is 11. The lowest BCUT2D eigenvalue weighted by Crippen LogP contribution is -2.04. The highest BCUT2D eigenvalue weighted by Crippen LogP contribution is 2.35. The number of hydrogen-bond acceptors (Lipinski definition) is 4. The molecule has 3 rings (SSSR count). The molecule has 0 saturated heterocycles. The second-order valence-electron chi connectivity index (χ2n) is 7.88. The zero-order valence-corrected chi connectivity index (χ0v) is 19.1. The van der Waals surface area contributed by atoms with Crippen molar-refractivity contribution in [1.29, 1.82) is 0 Å². The van der Waals surface area contributed by atoms with E-state index in [4.69, 9.17) is 19.3 Å². The van der Waals surface area contributed by atoms with Crippen LogP contribution in [0, 0.1) is 5.82 Å². The highest BCUT2D eigenvalue weighted by molar-refractivity contribution is 5.72. The number of carboxylic acid groups (broad SMARTS) is 1. The van der Waals surface area contributed by atoms with Crippen LogP contribution in [0.2, 0.25) is 0 Å². The number of carbonyl (C=O) groups is 1. The van der Waals surface area contributed by atoms with Gasteiger partial charge in [-0.05, 0) is 59.9 Å². The van der Waals surface area contributed by atoms with Gasteiger partial charge in [0.2, 0.25) is 0 Å². The Morgan fingerprint density at radius 2 is 1.82 bits per heavy atom. The van der Waals surface area contributed by atoms with E-state index in [1.807, 2.05) is 56.3 Å². The van der Waals surface area contributed by atoms with Crippen LogP contribution < -0.4 is 14.2 Å². The van der Waals surface area contributed by atoms with E-state index in [-0.39, 0.29) is 18.2 Å². The Bertz CT molecular complexity index is 1100. The fourth-order valence-electron chi connectivity index (χ4n) is 3.51. The van der Waals surface area contributed by atoms with Crippen LogP contribution >= 0.6 is 0 Å². The van der Waals surface area contributed by atoms with Crippen molar-refractivity contribution < 1.29 is 28.5 Å². The van der Waals surface area contributed by atoms with Crippen molar-refractivity contribution in [3.63, 3.8) is 0 Å². The second-order valence-corrected chi connectivity index (χ2v) is 7.88. The minimum atomic E-state index is -0.832. The van der Waals surface area contributed by atoms with Crippen molar-refractivity contribution in [3.8, 4) is 28.4 Å². The van der Waals surface area contributed by atoms with Crippen molar-refractivity contribution in [2.45, 2.75) is 39.2 Å². The standard InChI is InChI=1S/C27H29FO5/c1-4-12-32-26-14-19(8-10-23(26)24-16-21(31-3)9-11-25(24)28)17-33-22-7-5-6-20(15-22)18(2)13-27(29)30/h5-11,14-16,18H,4,12-13,17H2,1-3H3,(H,29,30)/t18-/m1/s1. The zero-order valence-electron chi connectivity index (χ0n) is 19.1. The fraction of sp³-hybridized carbons (Fsp3) is 0.296. The molecule has 0 fully saturated rings. The molecular weight excluding hydrogens is 423 g/mol. The van der Waals surface area contributed by atoms with Gasteiger partial charge in [0.25, 0.3) is 0 Å². The highest BCUT2D eigenvalue weighted by Gasteiger charge is 2.14. The Labute approximate surface area is 193 Å². The van der Waals surface area contributed by atoms with E-state index in [0.29, 0.717) is 41.6 Å². The SMILES string of the molecule is CCCOc1cc(COc2cccc([C@H](C)CC(=O)O)c2)ccc1-c1cc(OC)ccc1F. The van der Waals surface area contributed by atoms with Gasteiger partial charge in [-0.2, -0.15) is 0 Å². The van der Waals surface area contributed by atoms with Gasteiger partial charge in [-0.25, -0.2) is 4.39 Å². The molecule has 3 aromatic carbocycles. The maximum Gasteiger partial charge on any atom is 0.303 e. The molecule has 33 heavy (non-hydrogen) atoms. The van der Waals surface area contributed by atoms with Gasteiger partial charge < -0.3 is 19.3 Å². The average molecular weight is 453 g/mol. The summed E-state index contributed by atoms with van der Waals surface area (Å²) in [4.78, 5) is 11.0. The van der Waals surface area contributed by atoms with E-state index in [0.717, 1.165) is 17.5 Å². The van der Waals surface area contributed by atoms with Crippen molar-refractivity contribution in [1.82, 2.24) is 0 Å². The zero-order chi connectivity index (χ0) is 23.8. The van der Waals surface area contributed by atoms with Crippen LogP contribution in [-0.2, 0) is 11.4 Å². The summed E-state index contributed by atoms with van der Waals surface area (Å²) in [5, 5.41) is 9.03. The lowest BCUT2D eigenvalue weighted by molar-refractivity contribution is -0.137. The van der Waals surface area contributed by atoms with Gasteiger partial charge in [0.05, 0.1) is 20.1 Å². The largest absolute Gasteiger partial charge is 0.497 e. The molecule has 174 valence electrons. The predicted molar refractivity (Wildman–Crippen MR) is 126 cm³/mol. The Morgan fingerprint density at radius 3 is 2.55 bits per heavy atom. The fourth-order valence-corrected chi connectivity index (χ4v) is 3.51. The summed E-state index contributed by atoms with van der Waals surface area (Å²) in [6.45, 7) is 4.69. The topological polar surface area (TPSA) is 65.0 Å². The first-order valence-corrected chi connectivity index (χ1v) is 11.0. The molecule has 0 aliphatic heterocycles. The minimum absolute atomic E-state index is 0.0594. The van der Waals surface area contributed by atoms with E-state index in [2.05, 4.69) is 0 Å². The van der Waals surface area contributed by atoms with E-state index in [1.165, 1.54) is 6.07 Å². The number of ether oxygens (including phenoxy) is 3. The molecule has 0 radical (unpaired) electrons. The van der Waals surface area contributed by atoms with Crippen molar-refractivity contribution in [3.05, 3.63) is 77.6 Å². The van der Waals surface area contributed by atoms with Crippen LogP contribution in [0.1, 0.15) is 43.7 Å². The number of halogens is 1. The maximum absolute atomic E-state index is 14.6. The third kappa shape index (κ3) is 6.48. The molecule has 0 aromatic heterocycles. The minimum Gasteiger partial charge on any atom is -0.497 e. The summed E-state index contributed by atoms with van der Waals surface area (Å²) < 4.78 is 31.7. The number of benzene rings is 3.